The van der Waals surface area contributed by atoms with Crippen LogP contribution in [0.15, 0.2) is 82.6 Å². The molecule has 0 amide bonds. The smallest absolute Gasteiger partial charge is 0.0840 e. The summed E-state index contributed by atoms with van der Waals surface area (Å²) in [6.45, 7) is 21.5. The zero-order chi connectivity index (χ0) is 25.5. The summed E-state index contributed by atoms with van der Waals surface area (Å²) in [6.07, 6.45) is 12.8. The lowest BCUT2D eigenvalue weighted by Crippen LogP contribution is -2.49. The van der Waals surface area contributed by atoms with Gasteiger partial charge in [0.05, 0.1) is 0 Å². The Morgan fingerprint density at radius 2 is 1.40 bits per heavy atom. The molecule has 1 heteroatoms. The first-order chi connectivity index (χ1) is 16.6. The van der Waals surface area contributed by atoms with Crippen molar-refractivity contribution < 1.29 is 0 Å². The van der Waals surface area contributed by atoms with Crippen molar-refractivity contribution in [1.82, 2.24) is 0 Å². The van der Waals surface area contributed by atoms with Gasteiger partial charge in [-0.3, -0.25) is 0 Å². The molecule has 0 N–H and O–H groups in total. The second kappa shape index (κ2) is 9.58. The molecule has 2 aliphatic carbocycles. The fraction of sp³-hybridized carbons (Fsp3) is 0.412. The molecule has 0 spiro atoms. The summed E-state index contributed by atoms with van der Waals surface area (Å²) < 4.78 is 0. The van der Waals surface area contributed by atoms with E-state index in [-0.39, 0.29) is 10.5 Å². The first kappa shape index (κ1) is 25.7. The zero-order valence-electron chi connectivity index (χ0n) is 23.5. The van der Waals surface area contributed by atoms with Crippen LogP contribution in [-0.4, -0.2) is 8.80 Å². The van der Waals surface area contributed by atoms with Gasteiger partial charge in [0, 0.05) is 5.41 Å². The molecule has 2 aromatic carbocycles. The Labute approximate surface area is 216 Å². The minimum absolute atomic E-state index is 0.0624. The Hall–Kier alpha value is -2.38. The fourth-order valence-corrected chi connectivity index (χ4v) is 11.8. The van der Waals surface area contributed by atoms with Gasteiger partial charge in [-0.15, -0.1) is 0 Å². The van der Waals surface area contributed by atoms with Gasteiger partial charge in [-0.1, -0.05) is 103 Å². The summed E-state index contributed by atoms with van der Waals surface area (Å²) in [5.41, 5.74) is 11.9. The summed E-state index contributed by atoms with van der Waals surface area (Å²) in [5, 5.41) is 3.52. The lowest BCUT2D eigenvalue weighted by Gasteiger charge is -2.44. The molecule has 0 fully saturated rings. The summed E-state index contributed by atoms with van der Waals surface area (Å²) in [6, 6.07) is 14.4. The van der Waals surface area contributed by atoms with E-state index in [1.165, 1.54) is 33.4 Å². The van der Waals surface area contributed by atoms with Crippen LogP contribution in [0.1, 0.15) is 82.7 Å². The van der Waals surface area contributed by atoms with Gasteiger partial charge in [0.25, 0.3) is 0 Å². The number of aryl methyl sites for hydroxylation is 4. The molecule has 3 unspecified atom stereocenters. The molecule has 0 saturated carbocycles. The van der Waals surface area contributed by atoms with Crippen LogP contribution < -0.4 is 5.19 Å². The molecule has 0 heterocycles. The number of benzene rings is 2. The standard InChI is InChI=1S/C34H44Si/c1-10-28-20-29(11-2)22-30(21-28)35(33(8)18-13-12-14-19-33)32-26(6)25(5)27(7)34(32,9)31-23(3)16-15-17-24(31)4/h12-18,20-22,35H,10-11,19H2,1-9H3. The van der Waals surface area contributed by atoms with Crippen LogP contribution in [0.5, 0.6) is 0 Å². The molecule has 2 aliphatic rings. The minimum atomic E-state index is -1.70. The van der Waals surface area contributed by atoms with Crippen LogP contribution in [-0.2, 0) is 18.3 Å². The second-order valence-electron chi connectivity index (χ2n) is 11.4. The maximum atomic E-state index is 2.57. The lowest BCUT2D eigenvalue weighted by atomic mass is 9.74. The Morgan fingerprint density at radius 3 is 1.91 bits per heavy atom. The summed E-state index contributed by atoms with van der Waals surface area (Å²) in [7, 11) is -1.70. The van der Waals surface area contributed by atoms with Gasteiger partial charge in [-0.05, 0) is 99.2 Å². The van der Waals surface area contributed by atoms with Gasteiger partial charge < -0.3 is 0 Å². The highest BCUT2D eigenvalue weighted by Crippen LogP contribution is 2.55. The van der Waals surface area contributed by atoms with Crippen LogP contribution in [0.25, 0.3) is 0 Å². The van der Waals surface area contributed by atoms with Crippen molar-refractivity contribution in [2.24, 2.45) is 0 Å². The van der Waals surface area contributed by atoms with E-state index in [2.05, 4.69) is 123 Å². The largest absolute Gasteiger partial charge is 0.109 e. The van der Waals surface area contributed by atoms with Crippen LogP contribution in [0.3, 0.4) is 0 Å². The van der Waals surface area contributed by atoms with Crippen LogP contribution in [0, 0.1) is 13.8 Å². The normalized spacial score (nSPS) is 25.1. The topological polar surface area (TPSA) is 0 Å². The van der Waals surface area contributed by atoms with E-state index < -0.39 is 8.80 Å². The van der Waals surface area contributed by atoms with Gasteiger partial charge in [-0.25, -0.2) is 0 Å². The van der Waals surface area contributed by atoms with Gasteiger partial charge in [0.15, 0.2) is 0 Å². The monoisotopic (exact) mass is 480 g/mol. The number of allylic oxidation sites excluding steroid dienone is 8. The quantitative estimate of drug-likeness (QED) is 0.365. The number of hydrogen-bond donors (Lipinski definition) is 0. The Balaban J connectivity index is 2.08. The van der Waals surface area contributed by atoms with Crippen molar-refractivity contribution in [2.45, 2.75) is 92.0 Å². The van der Waals surface area contributed by atoms with Crippen LogP contribution in [0.4, 0.5) is 0 Å². The number of rotatable bonds is 6. The van der Waals surface area contributed by atoms with Crippen molar-refractivity contribution in [3.05, 3.63) is 110 Å². The fourth-order valence-electron chi connectivity index (χ4n) is 7.07. The maximum Gasteiger partial charge on any atom is 0.109 e. The molecule has 184 valence electrons. The molecular weight excluding hydrogens is 436 g/mol. The lowest BCUT2D eigenvalue weighted by molar-refractivity contribution is 0.666. The van der Waals surface area contributed by atoms with Crippen molar-refractivity contribution in [3.63, 3.8) is 0 Å². The summed E-state index contributed by atoms with van der Waals surface area (Å²) >= 11 is 0. The molecule has 2 aromatic rings. The van der Waals surface area contributed by atoms with E-state index in [0.717, 1.165) is 19.3 Å². The molecule has 0 radical (unpaired) electrons. The Morgan fingerprint density at radius 1 is 0.800 bits per heavy atom. The van der Waals surface area contributed by atoms with Crippen LogP contribution >= 0.6 is 0 Å². The average Bonchev–Trinajstić information content (AvgIpc) is 3.00. The zero-order valence-corrected chi connectivity index (χ0v) is 24.6. The highest BCUT2D eigenvalue weighted by atomic mass is 28.3. The molecule has 3 atom stereocenters. The van der Waals surface area contributed by atoms with Gasteiger partial charge in [0.1, 0.15) is 8.80 Å². The van der Waals surface area contributed by atoms with E-state index in [1.807, 2.05) is 0 Å². The van der Waals surface area contributed by atoms with Crippen LogP contribution in [0.2, 0.25) is 5.04 Å². The predicted molar refractivity (Wildman–Crippen MR) is 158 cm³/mol. The average molecular weight is 481 g/mol. The Bertz CT molecular complexity index is 1220. The molecular formula is C34H44Si. The van der Waals surface area contributed by atoms with Crippen molar-refractivity contribution in [1.29, 1.82) is 0 Å². The maximum absolute atomic E-state index is 2.57. The van der Waals surface area contributed by atoms with Crippen molar-refractivity contribution in [3.8, 4) is 0 Å². The molecule has 4 rings (SSSR count). The third-order valence-corrected chi connectivity index (χ3v) is 13.6. The van der Waals surface area contributed by atoms with E-state index in [0.29, 0.717) is 0 Å². The highest BCUT2D eigenvalue weighted by molar-refractivity contribution is 6.83. The van der Waals surface area contributed by atoms with Gasteiger partial charge in [0.2, 0.25) is 0 Å². The Kier molecular flexibility index (Phi) is 7.04. The minimum Gasteiger partial charge on any atom is -0.0840 e. The number of hydrogen-bond acceptors (Lipinski definition) is 0. The molecule has 0 nitrogen and oxygen atoms in total. The molecule has 0 saturated heterocycles. The first-order valence-corrected chi connectivity index (χ1v) is 15.2. The third-order valence-electron chi connectivity index (χ3n) is 9.25. The van der Waals surface area contributed by atoms with E-state index in [4.69, 9.17) is 0 Å². The van der Waals surface area contributed by atoms with Crippen molar-refractivity contribution in [2.75, 3.05) is 0 Å². The van der Waals surface area contributed by atoms with Gasteiger partial charge in [-0.2, -0.15) is 0 Å². The molecule has 0 aliphatic heterocycles. The highest BCUT2D eigenvalue weighted by Gasteiger charge is 2.50. The van der Waals surface area contributed by atoms with E-state index in [1.54, 1.807) is 21.5 Å². The van der Waals surface area contributed by atoms with Gasteiger partial charge >= 0.3 is 0 Å². The second-order valence-corrected chi connectivity index (χ2v) is 14.8. The third kappa shape index (κ3) is 4.16. The first-order valence-electron chi connectivity index (χ1n) is 13.5. The SMILES string of the molecule is CCc1cc(CC)cc([SiH](C2=C(C)C(C)=C(C)C2(C)c2c(C)cccc2C)C2(C)C=CC=CC2)c1. The summed E-state index contributed by atoms with van der Waals surface area (Å²) in [5.74, 6) is 0. The van der Waals surface area contributed by atoms with E-state index >= 15 is 0 Å². The molecule has 35 heavy (non-hydrogen) atoms. The summed E-state index contributed by atoms with van der Waals surface area (Å²) in [4.78, 5) is 0. The van der Waals surface area contributed by atoms with Crippen molar-refractivity contribution >= 4 is 14.0 Å². The predicted octanol–water partition coefficient (Wildman–Crippen LogP) is 8.30. The molecule has 0 bridgehead atoms. The molecule has 0 aromatic heterocycles. The van der Waals surface area contributed by atoms with E-state index in [9.17, 15) is 0 Å².